The topological polar surface area (TPSA) is 69.0 Å². The van der Waals surface area contributed by atoms with Gasteiger partial charge in [-0.2, -0.15) is 0 Å². The molecule has 31 heavy (non-hydrogen) atoms. The minimum Gasteiger partial charge on any atom is -0.376 e. The SMILES string of the molecule is O=C(CSc1nnc(-c2ccc(F)cc2)n1C[C@H]1CCCO1)Nc1cc(Cl)cc(Cl)c1. The van der Waals surface area contributed by atoms with Crippen molar-refractivity contribution >= 4 is 46.6 Å². The van der Waals surface area contributed by atoms with E-state index in [1.54, 1.807) is 30.3 Å². The molecular formula is C21H19Cl2FN4O2S. The summed E-state index contributed by atoms with van der Waals surface area (Å²) in [5.41, 5.74) is 1.27. The third-order valence-electron chi connectivity index (χ3n) is 4.71. The van der Waals surface area contributed by atoms with Gasteiger partial charge in [0, 0.05) is 27.9 Å². The minimum absolute atomic E-state index is 0.0528. The van der Waals surface area contributed by atoms with Gasteiger partial charge >= 0.3 is 0 Å². The molecule has 1 amide bonds. The Balaban J connectivity index is 1.50. The van der Waals surface area contributed by atoms with E-state index in [1.807, 2.05) is 4.57 Å². The lowest BCUT2D eigenvalue weighted by atomic mass is 10.2. The normalized spacial score (nSPS) is 15.9. The van der Waals surface area contributed by atoms with Crippen molar-refractivity contribution < 1.29 is 13.9 Å². The summed E-state index contributed by atoms with van der Waals surface area (Å²) in [6, 6.07) is 10.9. The van der Waals surface area contributed by atoms with Gasteiger partial charge in [0.25, 0.3) is 0 Å². The zero-order valence-corrected chi connectivity index (χ0v) is 18.7. The van der Waals surface area contributed by atoms with Crippen LogP contribution >= 0.6 is 35.0 Å². The molecule has 1 saturated heterocycles. The van der Waals surface area contributed by atoms with E-state index in [9.17, 15) is 9.18 Å². The maximum atomic E-state index is 13.3. The molecule has 0 bridgehead atoms. The zero-order valence-electron chi connectivity index (χ0n) is 16.4. The van der Waals surface area contributed by atoms with Crippen molar-refractivity contribution in [2.24, 2.45) is 0 Å². The number of hydrogen-bond acceptors (Lipinski definition) is 5. The standard InChI is InChI=1S/C21H19Cl2FN4O2S/c22-14-8-15(23)10-17(9-14)25-19(29)12-31-21-27-26-20(13-3-5-16(24)6-4-13)28(21)11-18-2-1-7-30-18/h3-6,8-10,18H,1-2,7,11-12H2,(H,25,29)/t18-/m1/s1. The first-order chi connectivity index (χ1) is 15.0. The number of nitrogens with one attached hydrogen (secondary N) is 1. The molecule has 6 nitrogen and oxygen atoms in total. The lowest BCUT2D eigenvalue weighted by molar-refractivity contribution is -0.113. The summed E-state index contributed by atoms with van der Waals surface area (Å²) in [6.45, 7) is 1.29. The molecule has 1 atom stereocenters. The summed E-state index contributed by atoms with van der Waals surface area (Å²) >= 11 is 13.2. The van der Waals surface area contributed by atoms with Crippen LogP contribution in [0.4, 0.5) is 10.1 Å². The van der Waals surface area contributed by atoms with E-state index in [-0.39, 0.29) is 23.6 Å². The number of carbonyl (C=O) groups is 1. The molecule has 3 aromatic rings. The average Bonchev–Trinajstić information content (AvgIpc) is 3.37. The van der Waals surface area contributed by atoms with Crippen LogP contribution in [0.15, 0.2) is 47.6 Å². The summed E-state index contributed by atoms with van der Waals surface area (Å²) in [5, 5.41) is 12.8. The Morgan fingerprint density at radius 2 is 1.94 bits per heavy atom. The molecule has 1 aliphatic heterocycles. The van der Waals surface area contributed by atoms with Crippen molar-refractivity contribution in [2.45, 2.75) is 30.6 Å². The molecule has 1 fully saturated rings. The van der Waals surface area contributed by atoms with Crippen molar-refractivity contribution in [1.29, 1.82) is 0 Å². The average molecular weight is 481 g/mol. The van der Waals surface area contributed by atoms with Crippen molar-refractivity contribution in [3.8, 4) is 11.4 Å². The lowest BCUT2D eigenvalue weighted by Crippen LogP contribution is -2.18. The van der Waals surface area contributed by atoms with Crippen LogP contribution in [0, 0.1) is 5.82 Å². The maximum Gasteiger partial charge on any atom is 0.234 e. The van der Waals surface area contributed by atoms with Crippen molar-refractivity contribution in [3.63, 3.8) is 0 Å². The Kier molecular flexibility index (Phi) is 7.12. The number of benzene rings is 2. The van der Waals surface area contributed by atoms with Crippen LogP contribution in [-0.4, -0.2) is 39.1 Å². The van der Waals surface area contributed by atoms with Crippen LogP contribution in [0.5, 0.6) is 0 Å². The van der Waals surface area contributed by atoms with Gasteiger partial charge in [0.1, 0.15) is 5.82 Å². The van der Waals surface area contributed by atoms with Crippen LogP contribution in [0.3, 0.4) is 0 Å². The van der Waals surface area contributed by atoms with Crippen LogP contribution in [0.2, 0.25) is 10.0 Å². The van der Waals surface area contributed by atoms with E-state index in [0.717, 1.165) is 25.0 Å². The minimum atomic E-state index is -0.318. The molecule has 10 heteroatoms. The zero-order chi connectivity index (χ0) is 21.8. The van der Waals surface area contributed by atoms with Crippen LogP contribution in [-0.2, 0) is 16.1 Å². The largest absolute Gasteiger partial charge is 0.376 e. The summed E-state index contributed by atoms with van der Waals surface area (Å²) < 4.78 is 21.0. The summed E-state index contributed by atoms with van der Waals surface area (Å²) in [5.74, 6) is 0.191. The molecule has 0 unspecified atom stereocenters. The first-order valence-corrected chi connectivity index (χ1v) is 11.4. The number of carbonyl (C=O) groups excluding carboxylic acids is 1. The fourth-order valence-corrected chi connectivity index (χ4v) is 4.59. The van der Waals surface area contributed by atoms with E-state index in [0.29, 0.717) is 33.3 Å². The van der Waals surface area contributed by atoms with Gasteiger partial charge < -0.3 is 10.1 Å². The number of amides is 1. The molecule has 4 rings (SSSR count). The van der Waals surface area contributed by atoms with Crippen molar-refractivity contribution in [2.75, 3.05) is 17.7 Å². The monoisotopic (exact) mass is 480 g/mol. The Labute approximate surface area is 193 Å². The highest BCUT2D eigenvalue weighted by Gasteiger charge is 2.22. The molecule has 1 aliphatic rings. The van der Waals surface area contributed by atoms with Gasteiger partial charge in [-0.15, -0.1) is 10.2 Å². The van der Waals surface area contributed by atoms with Gasteiger partial charge in [0.2, 0.25) is 5.91 Å². The molecular weight excluding hydrogens is 462 g/mol. The quantitative estimate of drug-likeness (QED) is 0.464. The molecule has 1 N–H and O–H groups in total. The molecule has 1 aromatic heterocycles. The Morgan fingerprint density at radius 1 is 1.19 bits per heavy atom. The fraction of sp³-hybridized carbons (Fsp3) is 0.286. The lowest BCUT2D eigenvalue weighted by Gasteiger charge is -2.14. The molecule has 2 heterocycles. The number of hydrogen-bond donors (Lipinski definition) is 1. The molecule has 2 aromatic carbocycles. The Morgan fingerprint density at radius 3 is 2.61 bits per heavy atom. The third kappa shape index (κ3) is 5.77. The highest BCUT2D eigenvalue weighted by molar-refractivity contribution is 7.99. The first kappa shape index (κ1) is 22.1. The Bertz CT molecular complexity index is 1050. The summed E-state index contributed by atoms with van der Waals surface area (Å²) in [7, 11) is 0. The second-order valence-corrected chi connectivity index (χ2v) is 8.87. The molecule has 162 valence electrons. The maximum absolute atomic E-state index is 13.3. The predicted octanol–water partition coefficient (Wildman–Crippen LogP) is 5.30. The van der Waals surface area contributed by atoms with Gasteiger partial charge in [-0.1, -0.05) is 35.0 Å². The number of rotatable bonds is 7. The fourth-order valence-electron chi connectivity index (χ4n) is 3.32. The van der Waals surface area contributed by atoms with Crippen LogP contribution in [0.25, 0.3) is 11.4 Å². The van der Waals surface area contributed by atoms with Gasteiger partial charge in [-0.25, -0.2) is 4.39 Å². The molecule has 0 spiro atoms. The second-order valence-electron chi connectivity index (χ2n) is 7.05. The number of aromatic nitrogens is 3. The van der Waals surface area contributed by atoms with Gasteiger partial charge in [0.15, 0.2) is 11.0 Å². The summed E-state index contributed by atoms with van der Waals surface area (Å²) in [4.78, 5) is 12.4. The third-order valence-corrected chi connectivity index (χ3v) is 6.11. The number of ether oxygens (including phenoxy) is 1. The molecule has 0 radical (unpaired) electrons. The van der Waals surface area contributed by atoms with Crippen molar-refractivity contribution in [3.05, 3.63) is 58.3 Å². The van der Waals surface area contributed by atoms with E-state index in [2.05, 4.69) is 15.5 Å². The molecule has 0 saturated carbocycles. The van der Waals surface area contributed by atoms with Gasteiger partial charge in [0.05, 0.1) is 18.4 Å². The summed E-state index contributed by atoms with van der Waals surface area (Å²) in [6.07, 6.45) is 2.00. The van der Waals surface area contributed by atoms with E-state index in [4.69, 9.17) is 27.9 Å². The smallest absolute Gasteiger partial charge is 0.234 e. The van der Waals surface area contributed by atoms with Crippen LogP contribution in [0.1, 0.15) is 12.8 Å². The Hall–Kier alpha value is -2.13. The van der Waals surface area contributed by atoms with Crippen molar-refractivity contribution in [1.82, 2.24) is 14.8 Å². The van der Waals surface area contributed by atoms with Gasteiger partial charge in [-0.3, -0.25) is 9.36 Å². The first-order valence-electron chi connectivity index (χ1n) is 9.67. The van der Waals surface area contributed by atoms with Gasteiger partial charge in [-0.05, 0) is 55.3 Å². The second kappa shape index (κ2) is 9.99. The van der Waals surface area contributed by atoms with Crippen LogP contribution < -0.4 is 5.32 Å². The van der Waals surface area contributed by atoms with E-state index < -0.39 is 0 Å². The predicted molar refractivity (Wildman–Crippen MR) is 120 cm³/mol. The number of anilines is 1. The van der Waals surface area contributed by atoms with E-state index in [1.165, 1.54) is 23.9 Å². The number of nitrogens with zero attached hydrogens (tertiary/aromatic N) is 3. The number of halogens is 3. The highest BCUT2D eigenvalue weighted by Crippen LogP contribution is 2.27. The number of thioether (sulfide) groups is 1. The molecule has 0 aliphatic carbocycles. The van der Waals surface area contributed by atoms with E-state index >= 15 is 0 Å². The highest BCUT2D eigenvalue weighted by atomic mass is 35.5.